The van der Waals surface area contributed by atoms with Gasteiger partial charge in [-0.1, -0.05) is 17.7 Å². The van der Waals surface area contributed by atoms with E-state index < -0.39 is 0 Å². The largest absolute Gasteiger partial charge is 0.367 e. The lowest BCUT2D eigenvalue weighted by Crippen LogP contribution is -2.44. The normalized spacial score (nSPS) is 14.7. The highest BCUT2D eigenvalue weighted by atomic mass is 35.5. The van der Waals surface area contributed by atoms with Gasteiger partial charge in [-0.3, -0.25) is 9.59 Å². The summed E-state index contributed by atoms with van der Waals surface area (Å²) in [5, 5.41) is 8.28. The van der Waals surface area contributed by atoms with Gasteiger partial charge in [-0.2, -0.15) is 0 Å². The van der Waals surface area contributed by atoms with Gasteiger partial charge in [0.25, 0.3) is 5.91 Å². The molecule has 3 rings (SSSR count). The van der Waals surface area contributed by atoms with E-state index in [0.29, 0.717) is 29.3 Å². The van der Waals surface area contributed by atoms with Gasteiger partial charge in [-0.25, -0.2) is 0 Å². The molecular weight excluding hydrogens is 396 g/mol. The minimum absolute atomic E-state index is 0.0805. The first-order valence-electron chi connectivity index (χ1n) is 9.37. The maximum Gasteiger partial charge on any atom is 0.261 e. The number of carbonyl (C=O) groups excluding carboxylic acids is 2. The van der Waals surface area contributed by atoms with Crippen LogP contribution in [0.5, 0.6) is 0 Å². The monoisotopic (exact) mass is 420 g/mol. The van der Waals surface area contributed by atoms with Crippen molar-refractivity contribution in [1.82, 2.24) is 10.2 Å². The SMILES string of the molecule is CN1CCN(c2ccc(Cl)cc2NC(=O)CCCNC(=O)c2cccs2)CC1. The fourth-order valence-corrected chi connectivity index (χ4v) is 3.90. The van der Waals surface area contributed by atoms with E-state index in [0.717, 1.165) is 37.6 Å². The second kappa shape index (κ2) is 9.91. The summed E-state index contributed by atoms with van der Waals surface area (Å²) < 4.78 is 0. The molecule has 8 heteroatoms. The number of carbonyl (C=O) groups is 2. The Balaban J connectivity index is 1.50. The van der Waals surface area contributed by atoms with Crippen LogP contribution in [0.4, 0.5) is 11.4 Å². The van der Waals surface area contributed by atoms with Crippen molar-refractivity contribution in [3.05, 3.63) is 45.6 Å². The van der Waals surface area contributed by atoms with Crippen molar-refractivity contribution in [3.63, 3.8) is 0 Å². The summed E-state index contributed by atoms with van der Waals surface area (Å²) in [6.07, 6.45) is 0.909. The molecule has 1 aromatic carbocycles. The van der Waals surface area contributed by atoms with E-state index in [1.165, 1.54) is 11.3 Å². The number of likely N-dealkylation sites (N-methyl/N-ethyl adjacent to an activating group) is 1. The minimum atomic E-state index is -0.0948. The van der Waals surface area contributed by atoms with Crippen molar-refractivity contribution in [1.29, 1.82) is 0 Å². The number of hydrogen-bond donors (Lipinski definition) is 2. The number of halogens is 1. The molecule has 0 saturated carbocycles. The van der Waals surface area contributed by atoms with E-state index in [9.17, 15) is 9.59 Å². The molecule has 2 heterocycles. The maximum atomic E-state index is 12.4. The molecule has 2 N–H and O–H groups in total. The quantitative estimate of drug-likeness (QED) is 0.674. The van der Waals surface area contributed by atoms with Crippen LogP contribution in [0.1, 0.15) is 22.5 Å². The first kappa shape index (κ1) is 20.6. The van der Waals surface area contributed by atoms with Crippen LogP contribution in [0, 0.1) is 0 Å². The standard InChI is InChI=1S/C20H25ClN4O2S/c1-24-9-11-25(12-10-24)17-7-6-15(21)14-16(17)23-19(26)5-2-8-22-20(27)18-4-3-13-28-18/h3-4,6-7,13-14H,2,5,8-12H2,1H3,(H,22,27)(H,23,26). The zero-order chi connectivity index (χ0) is 19.9. The van der Waals surface area contributed by atoms with Crippen LogP contribution in [-0.2, 0) is 4.79 Å². The molecule has 1 aliphatic rings. The molecule has 2 amide bonds. The zero-order valence-corrected chi connectivity index (χ0v) is 17.5. The summed E-state index contributed by atoms with van der Waals surface area (Å²) in [6, 6.07) is 9.24. The van der Waals surface area contributed by atoms with Crippen molar-refractivity contribution in [2.24, 2.45) is 0 Å². The van der Waals surface area contributed by atoms with Crippen LogP contribution in [0.25, 0.3) is 0 Å². The van der Waals surface area contributed by atoms with Gasteiger partial charge in [0, 0.05) is 44.2 Å². The average molecular weight is 421 g/mol. The Morgan fingerprint density at radius 3 is 2.68 bits per heavy atom. The average Bonchev–Trinajstić information content (AvgIpc) is 3.21. The molecule has 6 nitrogen and oxygen atoms in total. The van der Waals surface area contributed by atoms with Crippen LogP contribution in [0.15, 0.2) is 35.7 Å². The Morgan fingerprint density at radius 1 is 1.18 bits per heavy atom. The number of amides is 2. The molecule has 0 spiro atoms. The number of nitrogens with zero attached hydrogens (tertiary/aromatic N) is 2. The van der Waals surface area contributed by atoms with Gasteiger partial charge < -0.3 is 20.4 Å². The molecule has 0 unspecified atom stereocenters. The molecule has 1 aliphatic heterocycles. The highest BCUT2D eigenvalue weighted by molar-refractivity contribution is 7.12. The lowest BCUT2D eigenvalue weighted by atomic mass is 10.2. The van der Waals surface area contributed by atoms with Gasteiger partial charge in [0.15, 0.2) is 0 Å². The van der Waals surface area contributed by atoms with Crippen molar-refractivity contribution < 1.29 is 9.59 Å². The summed E-state index contributed by atoms with van der Waals surface area (Å²) in [7, 11) is 2.11. The summed E-state index contributed by atoms with van der Waals surface area (Å²) in [5.74, 6) is -0.175. The first-order chi connectivity index (χ1) is 13.5. The molecular formula is C20H25ClN4O2S. The number of thiophene rings is 1. The second-order valence-corrected chi connectivity index (χ2v) is 8.22. The predicted molar refractivity (Wildman–Crippen MR) is 116 cm³/mol. The van der Waals surface area contributed by atoms with E-state index in [1.807, 2.05) is 23.6 Å². The third-order valence-corrected chi connectivity index (χ3v) is 5.79. The Morgan fingerprint density at radius 2 is 1.96 bits per heavy atom. The Bertz CT molecular complexity index is 805. The van der Waals surface area contributed by atoms with Crippen LogP contribution in [0.2, 0.25) is 5.02 Å². The van der Waals surface area contributed by atoms with Crippen LogP contribution < -0.4 is 15.5 Å². The zero-order valence-electron chi connectivity index (χ0n) is 15.9. The number of hydrogen-bond acceptors (Lipinski definition) is 5. The molecule has 1 aromatic heterocycles. The summed E-state index contributed by atoms with van der Waals surface area (Å²) in [4.78, 5) is 29.5. The van der Waals surface area contributed by atoms with Crippen molar-refractivity contribution in [2.45, 2.75) is 12.8 Å². The van der Waals surface area contributed by atoms with Crippen LogP contribution in [-0.4, -0.2) is 56.5 Å². The van der Waals surface area contributed by atoms with Gasteiger partial charge >= 0.3 is 0 Å². The topological polar surface area (TPSA) is 64.7 Å². The summed E-state index contributed by atoms with van der Waals surface area (Å²) >= 11 is 7.55. The van der Waals surface area contributed by atoms with Crippen LogP contribution in [0.3, 0.4) is 0 Å². The highest BCUT2D eigenvalue weighted by Crippen LogP contribution is 2.30. The van der Waals surface area contributed by atoms with Gasteiger partial charge in [0.2, 0.25) is 5.91 Å². The Kier molecular flexibility index (Phi) is 7.30. The fraction of sp³-hybridized carbons (Fsp3) is 0.400. The second-order valence-electron chi connectivity index (χ2n) is 6.84. The predicted octanol–water partition coefficient (Wildman–Crippen LogP) is 3.30. The lowest BCUT2D eigenvalue weighted by molar-refractivity contribution is -0.116. The number of nitrogens with one attached hydrogen (secondary N) is 2. The van der Waals surface area contributed by atoms with Crippen LogP contribution >= 0.6 is 22.9 Å². The number of anilines is 2. The Labute approximate surface area is 174 Å². The Hall–Kier alpha value is -2.09. The van der Waals surface area contributed by atoms with Gasteiger partial charge in [-0.15, -0.1) is 11.3 Å². The van der Waals surface area contributed by atoms with E-state index in [1.54, 1.807) is 12.1 Å². The molecule has 0 atom stereocenters. The maximum absolute atomic E-state index is 12.4. The fourth-order valence-electron chi connectivity index (χ4n) is 3.09. The first-order valence-corrected chi connectivity index (χ1v) is 10.6. The van der Waals surface area contributed by atoms with E-state index in [4.69, 9.17) is 11.6 Å². The number of piperazine rings is 1. The number of rotatable bonds is 7. The van der Waals surface area contributed by atoms with E-state index >= 15 is 0 Å². The summed E-state index contributed by atoms with van der Waals surface area (Å²) in [5.41, 5.74) is 1.74. The van der Waals surface area contributed by atoms with Crippen molar-refractivity contribution in [2.75, 3.05) is 50.0 Å². The molecule has 28 heavy (non-hydrogen) atoms. The molecule has 2 aromatic rings. The van der Waals surface area contributed by atoms with Crippen molar-refractivity contribution in [3.8, 4) is 0 Å². The highest BCUT2D eigenvalue weighted by Gasteiger charge is 2.18. The van der Waals surface area contributed by atoms with Gasteiger partial charge in [-0.05, 0) is 43.1 Å². The number of benzene rings is 1. The third kappa shape index (κ3) is 5.70. The van der Waals surface area contributed by atoms with Gasteiger partial charge in [0.05, 0.1) is 16.3 Å². The molecule has 150 valence electrons. The molecule has 1 saturated heterocycles. The third-order valence-electron chi connectivity index (χ3n) is 4.69. The smallest absolute Gasteiger partial charge is 0.261 e. The minimum Gasteiger partial charge on any atom is -0.367 e. The van der Waals surface area contributed by atoms with E-state index in [2.05, 4.69) is 27.5 Å². The summed E-state index contributed by atoms with van der Waals surface area (Å²) in [6.45, 7) is 4.26. The molecule has 0 bridgehead atoms. The molecule has 0 radical (unpaired) electrons. The van der Waals surface area contributed by atoms with E-state index in [-0.39, 0.29) is 11.8 Å². The van der Waals surface area contributed by atoms with Crippen molar-refractivity contribution >= 4 is 46.1 Å². The lowest BCUT2D eigenvalue weighted by Gasteiger charge is -2.35. The molecule has 0 aliphatic carbocycles. The van der Waals surface area contributed by atoms with Gasteiger partial charge in [0.1, 0.15) is 0 Å². The molecule has 1 fully saturated rings.